The SMILES string of the molecule is CC(=O)OC1C=C2CCC3C(CCC4(C)C3CCC4(OC(C)=O)C(C)OC(C)=O)C2(C)CC1. The Morgan fingerprint density at radius 2 is 1.61 bits per heavy atom. The summed E-state index contributed by atoms with van der Waals surface area (Å²) >= 11 is 0. The van der Waals surface area contributed by atoms with Gasteiger partial charge in [-0.2, -0.15) is 0 Å². The zero-order valence-corrected chi connectivity index (χ0v) is 21.1. The maximum Gasteiger partial charge on any atom is 0.303 e. The molecule has 6 heteroatoms. The van der Waals surface area contributed by atoms with Crippen LogP contribution in [0.4, 0.5) is 0 Å². The van der Waals surface area contributed by atoms with E-state index in [1.165, 1.54) is 26.3 Å². The van der Waals surface area contributed by atoms with Crippen LogP contribution in [0.5, 0.6) is 0 Å². The number of hydrogen-bond acceptors (Lipinski definition) is 6. The molecule has 4 aliphatic carbocycles. The van der Waals surface area contributed by atoms with Crippen molar-refractivity contribution in [2.45, 2.75) is 111 Å². The fourth-order valence-electron chi connectivity index (χ4n) is 8.55. The van der Waals surface area contributed by atoms with Gasteiger partial charge >= 0.3 is 17.9 Å². The zero-order chi connectivity index (χ0) is 24.2. The number of rotatable bonds is 4. The molecule has 0 bridgehead atoms. The molecule has 0 amide bonds. The topological polar surface area (TPSA) is 78.9 Å². The van der Waals surface area contributed by atoms with Crippen molar-refractivity contribution in [3.8, 4) is 0 Å². The minimum Gasteiger partial charge on any atom is -0.459 e. The third kappa shape index (κ3) is 3.81. The molecular formula is C27H40O6. The van der Waals surface area contributed by atoms with Gasteiger partial charge in [-0.05, 0) is 87.5 Å². The number of hydrogen-bond donors (Lipinski definition) is 0. The normalized spacial score (nSPS) is 42.7. The predicted octanol–water partition coefficient (Wildman–Crippen LogP) is 5.13. The van der Waals surface area contributed by atoms with E-state index in [2.05, 4.69) is 19.9 Å². The third-order valence-corrected chi connectivity index (χ3v) is 9.90. The number of carbonyl (C=O) groups excluding carboxylic acids is 3. The summed E-state index contributed by atoms with van der Waals surface area (Å²) in [6, 6.07) is 0. The van der Waals surface area contributed by atoms with Crippen LogP contribution in [0.25, 0.3) is 0 Å². The molecular weight excluding hydrogens is 420 g/mol. The minimum atomic E-state index is -0.774. The van der Waals surface area contributed by atoms with Gasteiger partial charge in [0, 0.05) is 26.2 Å². The molecule has 0 saturated heterocycles. The summed E-state index contributed by atoms with van der Waals surface area (Å²) in [5.41, 5.74) is 0.600. The standard InChI is InChI=1S/C27H40O6/c1-16(31-17(2)28)27(33-19(4)30)14-11-24-22-8-7-20-15-21(32-18(3)29)9-12-25(20,5)23(22)10-13-26(24,27)6/h15-16,21-24H,7-14H2,1-6H3. The molecule has 4 rings (SSSR count). The molecule has 0 aromatic carbocycles. The third-order valence-electron chi connectivity index (χ3n) is 9.90. The Hall–Kier alpha value is -1.85. The van der Waals surface area contributed by atoms with Gasteiger partial charge in [0.1, 0.15) is 12.2 Å². The van der Waals surface area contributed by atoms with Crippen LogP contribution in [0.1, 0.15) is 92.9 Å². The van der Waals surface area contributed by atoms with Crippen LogP contribution in [0, 0.1) is 28.6 Å². The van der Waals surface area contributed by atoms with Crippen molar-refractivity contribution in [3.63, 3.8) is 0 Å². The lowest BCUT2D eigenvalue weighted by Crippen LogP contribution is -2.60. The molecule has 0 heterocycles. The number of esters is 3. The monoisotopic (exact) mass is 460 g/mol. The summed E-state index contributed by atoms with van der Waals surface area (Å²) in [5.74, 6) is 0.710. The Balaban J connectivity index is 1.63. The second-order valence-electron chi connectivity index (χ2n) is 11.4. The molecule has 0 aromatic rings. The molecule has 184 valence electrons. The Morgan fingerprint density at radius 3 is 2.24 bits per heavy atom. The van der Waals surface area contributed by atoms with Crippen molar-refractivity contribution in [1.29, 1.82) is 0 Å². The Morgan fingerprint density at radius 1 is 0.909 bits per heavy atom. The smallest absolute Gasteiger partial charge is 0.303 e. The van der Waals surface area contributed by atoms with Crippen LogP contribution in [-0.2, 0) is 28.6 Å². The van der Waals surface area contributed by atoms with Crippen molar-refractivity contribution in [2.24, 2.45) is 28.6 Å². The maximum absolute atomic E-state index is 12.2. The van der Waals surface area contributed by atoms with E-state index in [0.29, 0.717) is 17.8 Å². The van der Waals surface area contributed by atoms with E-state index in [1.807, 2.05) is 6.92 Å². The highest BCUT2D eigenvalue weighted by Gasteiger charge is 2.68. The lowest BCUT2D eigenvalue weighted by molar-refractivity contribution is -0.215. The second-order valence-corrected chi connectivity index (χ2v) is 11.4. The van der Waals surface area contributed by atoms with Gasteiger partial charge in [0.15, 0.2) is 5.60 Å². The quantitative estimate of drug-likeness (QED) is 0.329. The first-order chi connectivity index (χ1) is 15.4. The average Bonchev–Trinajstić information content (AvgIpc) is 3.00. The van der Waals surface area contributed by atoms with Gasteiger partial charge in [-0.25, -0.2) is 0 Å². The lowest BCUT2D eigenvalue weighted by Gasteiger charge is -2.60. The summed E-state index contributed by atoms with van der Waals surface area (Å²) in [6.07, 6.45) is 9.47. The molecule has 0 spiro atoms. The van der Waals surface area contributed by atoms with Crippen LogP contribution in [0.15, 0.2) is 11.6 Å². The van der Waals surface area contributed by atoms with Gasteiger partial charge in [-0.3, -0.25) is 14.4 Å². The fraction of sp³-hybridized carbons (Fsp3) is 0.815. The fourth-order valence-corrected chi connectivity index (χ4v) is 8.55. The van der Waals surface area contributed by atoms with Crippen molar-refractivity contribution in [2.75, 3.05) is 0 Å². The number of fused-ring (bicyclic) bond motifs is 5. The van der Waals surface area contributed by atoms with E-state index in [0.717, 1.165) is 51.4 Å². The second kappa shape index (κ2) is 8.42. The first kappa shape index (κ1) is 24.3. The largest absolute Gasteiger partial charge is 0.459 e. The van der Waals surface area contributed by atoms with E-state index in [-0.39, 0.29) is 34.8 Å². The molecule has 0 aromatic heterocycles. The first-order valence-electron chi connectivity index (χ1n) is 12.7. The average molecular weight is 461 g/mol. The highest BCUT2D eigenvalue weighted by Crippen LogP contribution is 2.69. The van der Waals surface area contributed by atoms with Gasteiger partial charge in [0.05, 0.1) is 0 Å². The summed E-state index contributed by atoms with van der Waals surface area (Å²) in [4.78, 5) is 35.5. The van der Waals surface area contributed by atoms with Crippen LogP contribution in [-0.4, -0.2) is 35.7 Å². The van der Waals surface area contributed by atoms with Crippen LogP contribution in [0.3, 0.4) is 0 Å². The van der Waals surface area contributed by atoms with Crippen molar-refractivity contribution >= 4 is 17.9 Å². The first-order valence-corrected chi connectivity index (χ1v) is 12.7. The highest BCUT2D eigenvalue weighted by molar-refractivity contribution is 5.68. The molecule has 0 aliphatic heterocycles. The lowest BCUT2D eigenvalue weighted by atomic mass is 9.46. The van der Waals surface area contributed by atoms with Crippen molar-refractivity contribution in [1.82, 2.24) is 0 Å². The Bertz CT molecular complexity index is 863. The van der Waals surface area contributed by atoms with E-state index >= 15 is 0 Å². The van der Waals surface area contributed by atoms with Crippen molar-refractivity contribution < 1.29 is 28.6 Å². The summed E-state index contributed by atoms with van der Waals surface area (Å²) in [6.45, 7) is 10.9. The van der Waals surface area contributed by atoms with Crippen LogP contribution >= 0.6 is 0 Å². The Kier molecular flexibility index (Phi) is 6.20. The van der Waals surface area contributed by atoms with Gasteiger partial charge in [0.25, 0.3) is 0 Å². The van der Waals surface area contributed by atoms with Gasteiger partial charge in [0.2, 0.25) is 0 Å². The number of carbonyl (C=O) groups is 3. The van der Waals surface area contributed by atoms with Crippen LogP contribution in [0.2, 0.25) is 0 Å². The van der Waals surface area contributed by atoms with Crippen LogP contribution < -0.4 is 0 Å². The summed E-state index contributed by atoms with van der Waals surface area (Å²) < 4.78 is 17.3. The molecule has 0 radical (unpaired) electrons. The van der Waals surface area contributed by atoms with E-state index in [4.69, 9.17) is 14.2 Å². The molecule has 6 nitrogen and oxygen atoms in total. The molecule has 4 aliphatic rings. The van der Waals surface area contributed by atoms with Crippen molar-refractivity contribution in [3.05, 3.63) is 11.6 Å². The molecule has 0 N–H and O–H groups in total. The Labute approximate surface area is 197 Å². The zero-order valence-electron chi connectivity index (χ0n) is 21.1. The molecule has 8 atom stereocenters. The van der Waals surface area contributed by atoms with Gasteiger partial charge in [-0.1, -0.05) is 19.4 Å². The predicted molar refractivity (Wildman–Crippen MR) is 123 cm³/mol. The number of ether oxygens (including phenoxy) is 3. The molecule has 33 heavy (non-hydrogen) atoms. The van der Waals surface area contributed by atoms with Gasteiger partial charge < -0.3 is 14.2 Å². The molecule has 3 saturated carbocycles. The maximum atomic E-state index is 12.2. The summed E-state index contributed by atoms with van der Waals surface area (Å²) in [7, 11) is 0. The number of allylic oxidation sites excluding steroid dienone is 1. The highest BCUT2D eigenvalue weighted by atomic mass is 16.6. The van der Waals surface area contributed by atoms with E-state index in [1.54, 1.807) is 0 Å². The van der Waals surface area contributed by atoms with E-state index in [9.17, 15) is 14.4 Å². The van der Waals surface area contributed by atoms with Gasteiger partial charge in [-0.15, -0.1) is 0 Å². The summed E-state index contributed by atoms with van der Waals surface area (Å²) in [5, 5.41) is 0. The van der Waals surface area contributed by atoms with E-state index < -0.39 is 11.7 Å². The minimum absolute atomic E-state index is 0.0938. The molecule has 8 unspecified atom stereocenters. The molecule has 3 fully saturated rings.